The van der Waals surface area contributed by atoms with Crippen molar-refractivity contribution < 1.29 is 9.18 Å². The Morgan fingerprint density at radius 1 is 1.25 bits per heavy atom. The minimum atomic E-state index is -0.940. The van der Waals surface area contributed by atoms with Gasteiger partial charge in [-0.15, -0.1) is 0 Å². The molecule has 2 aromatic rings. The second-order valence-electron chi connectivity index (χ2n) is 4.10. The van der Waals surface area contributed by atoms with E-state index in [0.29, 0.717) is 15.6 Å². The van der Waals surface area contributed by atoms with E-state index in [1.54, 1.807) is 12.1 Å². The van der Waals surface area contributed by atoms with Crippen LogP contribution in [-0.4, -0.2) is 5.78 Å². The lowest BCUT2D eigenvalue weighted by Gasteiger charge is -2.10. The highest BCUT2D eigenvalue weighted by Gasteiger charge is 2.23. The molecule has 0 fully saturated rings. The van der Waals surface area contributed by atoms with Crippen LogP contribution in [0.2, 0.25) is 0 Å². The number of nitrogens with zero attached hydrogens (tertiary/aromatic N) is 1. The third-order valence-electron chi connectivity index (χ3n) is 2.79. The van der Waals surface area contributed by atoms with Gasteiger partial charge >= 0.3 is 0 Å². The molecule has 0 saturated heterocycles. The molecule has 0 spiro atoms. The molecule has 0 saturated carbocycles. The monoisotopic (exact) mass is 443 g/mol. The number of benzene rings is 2. The zero-order chi connectivity index (χ0) is 14.7. The summed E-state index contributed by atoms with van der Waals surface area (Å²) in [5.74, 6) is -1.64. The van der Waals surface area contributed by atoms with E-state index in [1.807, 2.05) is 12.1 Å². The van der Waals surface area contributed by atoms with Crippen molar-refractivity contribution in [2.75, 3.05) is 0 Å². The van der Waals surface area contributed by atoms with E-state index in [1.165, 1.54) is 24.3 Å². The Hall–Kier alpha value is -1.26. The van der Waals surface area contributed by atoms with Crippen molar-refractivity contribution in [3.05, 3.63) is 67.5 Å². The van der Waals surface area contributed by atoms with Crippen molar-refractivity contribution in [2.24, 2.45) is 0 Å². The Labute approximate surface area is 137 Å². The van der Waals surface area contributed by atoms with Crippen LogP contribution in [0, 0.1) is 20.7 Å². The van der Waals surface area contributed by atoms with Crippen LogP contribution in [0.5, 0.6) is 0 Å². The van der Waals surface area contributed by atoms with Crippen LogP contribution in [0.1, 0.15) is 21.8 Å². The van der Waals surface area contributed by atoms with Gasteiger partial charge in [0.15, 0.2) is 5.78 Å². The summed E-state index contributed by atoms with van der Waals surface area (Å²) in [5, 5.41) is 9.26. The van der Waals surface area contributed by atoms with Crippen LogP contribution in [0.25, 0.3) is 0 Å². The number of ketones is 1. The summed E-state index contributed by atoms with van der Waals surface area (Å²) in [5.41, 5.74) is 0.942. The van der Waals surface area contributed by atoms with Gasteiger partial charge in [-0.2, -0.15) is 5.26 Å². The van der Waals surface area contributed by atoms with Gasteiger partial charge in [-0.3, -0.25) is 4.79 Å². The number of nitriles is 1. The first-order valence-electron chi connectivity index (χ1n) is 5.67. The molecule has 5 heteroatoms. The van der Waals surface area contributed by atoms with Gasteiger partial charge in [0, 0.05) is 13.6 Å². The quantitative estimate of drug-likeness (QED) is 0.510. The number of carbonyl (C=O) groups excluding carboxylic acids is 1. The maximum absolute atomic E-state index is 12.9. The molecule has 0 amide bonds. The molecule has 2 aromatic carbocycles. The van der Waals surface area contributed by atoms with Crippen molar-refractivity contribution in [2.45, 2.75) is 5.92 Å². The largest absolute Gasteiger partial charge is 0.292 e. The first-order valence-corrected chi connectivity index (χ1v) is 7.54. The van der Waals surface area contributed by atoms with Crippen molar-refractivity contribution in [1.82, 2.24) is 0 Å². The topological polar surface area (TPSA) is 40.9 Å². The van der Waals surface area contributed by atoms with Crippen LogP contribution in [0.15, 0.2) is 46.9 Å². The summed E-state index contributed by atoms with van der Waals surface area (Å²) in [7, 11) is 0. The Morgan fingerprint density at radius 2 is 1.90 bits per heavy atom. The minimum Gasteiger partial charge on any atom is -0.292 e. The molecule has 0 N–H and O–H groups in total. The Balaban J connectivity index is 2.42. The molecule has 2 nitrogen and oxygen atoms in total. The van der Waals surface area contributed by atoms with E-state index in [4.69, 9.17) is 0 Å². The summed E-state index contributed by atoms with van der Waals surface area (Å²) in [4.78, 5) is 12.5. The van der Waals surface area contributed by atoms with Crippen LogP contribution >= 0.6 is 38.5 Å². The molecule has 0 radical (unpaired) electrons. The lowest BCUT2D eigenvalue weighted by atomic mass is 9.92. The first-order chi connectivity index (χ1) is 9.52. The summed E-state index contributed by atoms with van der Waals surface area (Å²) in [6.45, 7) is 0. The number of rotatable bonds is 3. The predicted octanol–water partition coefficient (Wildman–Crippen LogP) is 4.68. The summed E-state index contributed by atoms with van der Waals surface area (Å²) in [6.07, 6.45) is 0. The normalized spacial score (nSPS) is 11.7. The van der Waals surface area contributed by atoms with Crippen LogP contribution in [-0.2, 0) is 0 Å². The SMILES string of the molecule is N#CC(C(=O)c1cc(I)ccc1Br)c1ccc(F)cc1. The second-order valence-corrected chi connectivity index (χ2v) is 6.20. The molecule has 0 heterocycles. The highest BCUT2D eigenvalue weighted by molar-refractivity contribution is 14.1. The molecule has 0 aliphatic carbocycles. The van der Waals surface area contributed by atoms with E-state index >= 15 is 0 Å². The molecule has 1 atom stereocenters. The Kier molecular flexibility index (Phi) is 4.89. The van der Waals surface area contributed by atoms with Gasteiger partial charge in [-0.05, 0) is 58.5 Å². The fourth-order valence-corrected chi connectivity index (χ4v) is 2.71. The van der Waals surface area contributed by atoms with Crippen molar-refractivity contribution in [3.63, 3.8) is 0 Å². The lowest BCUT2D eigenvalue weighted by Crippen LogP contribution is -2.12. The van der Waals surface area contributed by atoms with Crippen LogP contribution in [0.3, 0.4) is 0 Å². The zero-order valence-corrected chi connectivity index (χ0v) is 13.9. The Bertz CT molecular complexity index is 694. The van der Waals surface area contributed by atoms with Gasteiger partial charge in [-0.1, -0.05) is 28.1 Å². The third kappa shape index (κ3) is 3.25. The number of carbonyl (C=O) groups is 1. The predicted molar refractivity (Wildman–Crippen MR) is 85.9 cm³/mol. The van der Waals surface area contributed by atoms with Gasteiger partial charge in [0.1, 0.15) is 11.7 Å². The summed E-state index contributed by atoms with van der Waals surface area (Å²) >= 11 is 5.42. The molecule has 0 aromatic heterocycles. The molecular weight excluding hydrogens is 436 g/mol. The minimum absolute atomic E-state index is 0.301. The van der Waals surface area contributed by atoms with Crippen molar-refractivity contribution >= 4 is 44.3 Å². The number of hydrogen-bond acceptors (Lipinski definition) is 2. The fraction of sp³-hybridized carbons (Fsp3) is 0.0667. The highest BCUT2D eigenvalue weighted by atomic mass is 127. The van der Waals surface area contributed by atoms with Crippen LogP contribution in [0.4, 0.5) is 4.39 Å². The standard InChI is InChI=1S/C15H8BrFINO/c16-14-6-5-11(18)7-12(14)15(20)13(8-19)9-1-3-10(17)4-2-9/h1-7,13H. The highest BCUT2D eigenvalue weighted by Crippen LogP contribution is 2.26. The van der Waals surface area contributed by atoms with E-state index in [2.05, 4.69) is 38.5 Å². The third-order valence-corrected chi connectivity index (χ3v) is 4.15. The fourth-order valence-electron chi connectivity index (χ4n) is 1.78. The van der Waals surface area contributed by atoms with Gasteiger partial charge in [0.25, 0.3) is 0 Å². The molecule has 2 rings (SSSR count). The number of hydrogen-bond donors (Lipinski definition) is 0. The number of Topliss-reactive ketones (excluding diaryl/α,β-unsaturated/α-hetero) is 1. The van der Waals surface area contributed by atoms with Gasteiger partial charge in [0.2, 0.25) is 0 Å². The molecule has 0 bridgehead atoms. The van der Waals surface area contributed by atoms with E-state index in [-0.39, 0.29) is 5.78 Å². The summed E-state index contributed by atoms with van der Waals surface area (Å²) in [6, 6.07) is 12.8. The molecule has 20 heavy (non-hydrogen) atoms. The maximum atomic E-state index is 12.9. The summed E-state index contributed by atoms with van der Waals surface area (Å²) < 4.78 is 14.5. The van der Waals surface area contributed by atoms with Crippen molar-refractivity contribution in [1.29, 1.82) is 5.26 Å². The van der Waals surface area contributed by atoms with E-state index in [0.717, 1.165) is 3.57 Å². The first kappa shape index (κ1) is 15.1. The molecule has 0 aliphatic heterocycles. The molecule has 0 aliphatic rings. The van der Waals surface area contributed by atoms with Gasteiger partial charge in [0.05, 0.1) is 6.07 Å². The zero-order valence-electron chi connectivity index (χ0n) is 10.1. The molecule has 100 valence electrons. The second kappa shape index (κ2) is 6.46. The van der Waals surface area contributed by atoms with Gasteiger partial charge < -0.3 is 0 Å². The van der Waals surface area contributed by atoms with E-state index in [9.17, 15) is 14.4 Å². The maximum Gasteiger partial charge on any atom is 0.185 e. The van der Waals surface area contributed by atoms with Crippen molar-refractivity contribution in [3.8, 4) is 6.07 Å². The smallest absolute Gasteiger partial charge is 0.185 e. The van der Waals surface area contributed by atoms with E-state index < -0.39 is 11.7 Å². The lowest BCUT2D eigenvalue weighted by molar-refractivity contribution is 0.0978. The molecular formula is C15H8BrFINO. The average molecular weight is 444 g/mol. The Morgan fingerprint density at radius 3 is 2.50 bits per heavy atom. The molecule has 1 unspecified atom stereocenters. The van der Waals surface area contributed by atoms with Crippen LogP contribution < -0.4 is 0 Å². The van der Waals surface area contributed by atoms with Gasteiger partial charge in [-0.25, -0.2) is 4.39 Å². The number of halogens is 3. The average Bonchev–Trinajstić information content (AvgIpc) is 2.44.